The second-order valence-electron chi connectivity index (χ2n) is 4.80. The van der Waals surface area contributed by atoms with E-state index in [4.69, 9.17) is 4.74 Å². The van der Waals surface area contributed by atoms with Crippen molar-refractivity contribution in [3.63, 3.8) is 0 Å². The maximum Gasteiger partial charge on any atom is 0.185 e. The number of hydrogen-bond donors (Lipinski definition) is 1. The summed E-state index contributed by atoms with van der Waals surface area (Å²) >= 11 is 1.73. The normalized spacial score (nSPS) is 26.4. The van der Waals surface area contributed by atoms with Crippen molar-refractivity contribution in [2.45, 2.75) is 6.10 Å². The zero-order valence-corrected chi connectivity index (χ0v) is 11.4. The third kappa shape index (κ3) is 3.00. The Hall–Kier alpha value is -0.690. The minimum absolute atomic E-state index is 0.366. The van der Waals surface area contributed by atoms with E-state index >= 15 is 0 Å². The van der Waals surface area contributed by atoms with Gasteiger partial charge in [-0.05, 0) is 0 Å². The van der Waals surface area contributed by atoms with Crippen LogP contribution in [0.4, 0.5) is 5.13 Å². The van der Waals surface area contributed by atoms with Crippen molar-refractivity contribution in [3.8, 4) is 0 Å². The molecule has 2 aliphatic rings. The quantitative estimate of drug-likeness (QED) is 0.851. The molecule has 0 spiro atoms. The van der Waals surface area contributed by atoms with Gasteiger partial charge in [0.15, 0.2) is 5.13 Å². The van der Waals surface area contributed by atoms with Gasteiger partial charge in [-0.2, -0.15) is 0 Å². The average molecular weight is 268 g/mol. The molecule has 2 aliphatic heterocycles. The van der Waals surface area contributed by atoms with Crippen molar-refractivity contribution in [2.75, 3.05) is 57.3 Å². The fourth-order valence-electron chi connectivity index (χ4n) is 2.52. The molecule has 18 heavy (non-hydrogen) atoms. The lowest BCUT2D eigenvalue weighted by molar-refractivity contribution is 0.00465. The molecule has 2 fully saturated rings. The second kappa shape index (κ2) is 5.97. The van der Waals surface area contributed by atoms with Gasteiger partial charge < -0.3 is 15.0 Å². The largest absolute Gasteiger partial charge is 0.374 e. The molecule has 3 rings (SSSR count). The molecule has 6 heteroatoms. The summed E-state index contributed by atoms with van der Waals surface area (Å²) in [4.78, 5) is 9.25. The van der Waals surface area contributed by atoms with Crippen LogP contribution in [0.2, 0.25) is 0 Å². The van der Waals surface area contributed by atoms with E-state index in [1.54, 1.807) is 11.3 Å². The number of hydrogen-bond acceptors (Lipinski definition) is 6. The van der Waals surface area contributed by atoms with Gasteiger partial charge in [-0.15, -0.1) is 11.3 Å². The zero-order valence-electron chi connectivity index (χ0n) is 10.5. The van der Waals surface area contributed by atoms with Gasteiger partial charge in [0.2, 0.25) is 0 Å². The van der Waals surface area contributed by atoms with Gasteiger partial charge in [-0.3, -0.25) is 4.90 Å². The lowest BCUT2D eigenvalue weighted by Crippen LogP contribution is -2.51. The summed E-state index contributed by atoms with van der Waals surface area (Å²) in [6, 6.07) is 0. The summed E-state index contributed by atoms with van der Waals surface area (Å²) in [7, 11) is 0. The summed E-state index contributed by atoms with van der Waals surface area (Å²) in [6.07, 6.45) is 2.25. The van der Waals surface area contributed by atoms with Crippen molar-refractivity contribution >= 4 is 16.5 Å². The first kappa shape index (κ1) is 12.3. The summed E-state index contributed by atoms with van der Waals surface area (Å²) in [5, 5.41) is 6.59. The van der Waals surface area contributed by atoms with E-state index in [1.165, 1.54) is 0 Å². The van der Waals surface area contributed by atoms with Crippen molar-refractivity contribution in [1.29, 1.82) is 0 Å². The van der Waals surface area contributed by atoms with Gasteiger partial charge in [0.25, 0.3) is 0 Å². The smallest absolute Gasteiger partial charge is 0.185 e. The number of nitrogens with zero attached hydrogens (tertiary/aromatic N) is 3. The maximum absolute atomic E-state index is 5.75. The van der Waals surface area contributed by atoms with Crippen LogP contribution in [0.1, 0.15) is 0 Å². The topological polar surface area (TPSA) is 40.6 Å². The van der Waals surface area contributed by atoms with E-state index < -0.39 is 0 Å². The number of ether oxygens (including phenoxy) is 1. The van der Waals surface area contributed by atoms with E-state index in [2.05, 4.69) is 20.1 Å². The minimum Gasteiger partial charge on any atom is -0.374 e. The van der Waals surface area contributed by atoms with Crippen LogP contribution < -0.4 is 10.2 Å². The lowest BCUT2D eigenvalue weighted by Gasteiger charge is -2.37. The molecule has 1 unspecified atom stereocenters. The summed E-state index contributed by atoms with van der Waals surface area (Å²) in [5.41, 5.74) is 0. The van der Waals surface area contributed by atoms with Crippen LogP contribution in [0.15, 0.2) is 11.6 Å². The Morgan fingerprint density at radius 2 is 2.28 bits per heavy atom. The van der Waals surface area contributed by atoms with Gasteiger partial charge in [-0.25, -0.2) is 4.98 Å². The molecule has 2 saturated heterocycles. The lowest BCUT2D eigenvalue weighted by atomic mass is 10.2. The molecule has 0 aliphatic carbocycles. The van der Waals surface area contributed by atoms with Crippen LogP contribution in [0.3, 0.4) is 0 Å². The van der Waals surface area contributed by atoms with Crippen LogP contribution in [0, 0.1) is 0 Å². The Bertz CT molecular complexity index is 345. The van der Waals surface area contributed by atoms with Crippen LogP contribution >= 0.6 is 11.3 Å². The first-order chi connectivity index (χ1) is 8.92. The van der Waals surface area contributed by atoms with Crippen LogP contribution in [-0.2, 0) is 4.74 Å². The molecule has 0 saturated carbocycles. The number of aromatic nitrogens is 1. The van der Waals surface area contributed by atoms with Gasteiger partial charge in [0.05, 0.1) is 12.7 Å². The minimum atomic E-state index is 0.366. The number of rotatable bonds is 3. The van der Waals surface area contributed by atoms with Gasteiger partial charge in [0, 0.05) is 57.4 Å². The molecule has 1 aromatic rings. The fraction of sp³-hybridized carbons (Fsp3) is 0.750. The second-order valence-corrected chi connectivity index (χ2v) is 5.67. The highest BCUT2D eigenvalue weighted by Crippen LogP contribution is 2.19. The van der Waals surface area contributed by atoms with E-state index in [1.807, 2.05) is 11.6 Å². The summed E-state index contributed by atoms with van der Waals surface area (Å²) in [5.74, 6) is 0. The third-order valence-corrected chi connectivity index (χ3v) is 4.36. The van der Waals surface area contributed by atoms with Crippen LogP contribution in [-0.4, -0.2) is 68.4 Å². The third-order valence-electron chi connectivity index (χ3n) is 3.53. The van der Waals surface area contributed by atoms with Crippen molar-refractivity contribution in [3.05, 3.63) is 11.6 Å². The molecule has 0 radical (unpaired) electrons. The standard InChI is InChI=1S/C12H20N4OS/c1-7-17-11(9-13-1)10-15-3-5-16(6-4-15)12-14-2-8-18-12/h2,8,11,13H,1,3-7,9-10H2. The van der Waals surface area contributed by atoms with Crippen molar-refractivity contribution in [2.24, 2.45) is 0 Å². The van der Waals surface area contributed by atoms with E-state index in [9.17, 15) is 0 Å². The van der Waals surface area contributed by atoms with Gasteiger partial charge >= 0.3 is 0 Å². The molecule has 5 nitrogen and oxygen atoms in total. The number of thiazole rings is 1. The predicted molar refractivity (Wildman–Crippen MR) is 73.4 cm³/mol. The summed E-state index contributed by atoms with van der Waals surface area (Å²) < 4.78 is 5.75. The van der Waals surface area contributed by atoms with Gasteiger partial charge in [0.1, 0.15) is 0 Å². The Balaban J connectivity index is 1.45. The molecule has 1 atom stereocenters. The number of morpholine rings is 1. The Morgan fingerprint density at radius 1 is 1.39 bits per heavy atom. The Kier molecular flexibility index (Phi) is 4.09. The van der Waals surface area contributed by atoms with Crippen LogP contribution in [0.5, 0.6) is 0 Å². The Labute approximate surface area is 112 Å². The molecular weight excluding hydrogens is 248 g/mol. The number of nitrogens with one attached hydrogen (secondary N) is 1. The highest BCUT2D eigenvalue weighted by molar-refractivity contribution is 7.13. The number of anilines is 1. The van der Waals surface area contributed by atoms with Crippen molar-refractivity contribution in [1.82, 2.24) is 15.2 Å². The molecule has 1 aromatic heterocycles. The fourth-order valence-corrected chi connectivity index (χ4v) is 3.22. The molecular formula is C12H20N4OS. The highest BCUT2D eigenvalue weighted by atomic mass is 32.1. The Morgan fingerprint density at radius 3 is 2.94 bits per heavy atom. The zero-order chi connectivity index (χ0) is 12.2. The van der Waals surface area contributed by atoms with Gasteiger partial charge in [-0.1, -0.05) is 0 Å². The van der Waals surface area contributed by atoms with E-state index in [0.717, 1.165) is 57.6 Å². The molecule has 3 heterocycles. The highest BCUT2D eigenvalue weighted by Gasteiger charge is 2.22. The predicted octanol–water partition coefficient (Wildman–Crippen LogP) is 0.253. The van der Waals surface area contributed by atoms with Crippen molar-refractivity contribution < 1.29 is 4.74 Å². The average Bonchev–Trinajstić information content (AvgIpc) is 2.95. The summed E-state index contributed by atoms with van der Waals surface area (Å²) in [6.45, 7) is 8.27. The molecule has 0 bridgehead atoms. The molecule has 0 amide bonds. The first-order valence-corrected chi connectivity index (χ1v) is 7.49. The molecule has 1 N–H and O–H groups in total. The van der Waals surface area contributed by atoms with Crippen LogP contribution in [0.25, 0.3) is 0 Å². The van der Waals surface area contributed by atoms with E-state index in [-0.39, 0.29) is 0 Å². The maximum atomic E-state index is 5.75. The molecule has 0 aromatic carbocycles. The first-order valence-electron chi connectivity index (χ1n) is 6.61. The molecule has 100 valence electrons. The monoisotopic (exact) mass is 268 g/mol. The van der Waals surface area contributed by atoms with E-state index in [0.29, 0.717) is 6.10 Å². The SMILES string of the molecule is c1csc(N2CCN(CC3CNCCO3)CC2)n1. The number of piperazine rings is 1.